The Morgan fingerprint density at radius 3 is 2.33 bits per heavy atom. The molecule has 36 heavy (non-hydrogen) atoms. The topological polar surface area (TPSA) is 122 Å². The zero-order chi connectivity index (χ0) is 26.2. The van der Waals surface area contributed by atoms with Crippen molar-refractivity contribution in [2.45, 2.75) is 31.7 Å². The molecule has 186 valence electrons. The van der Waals surface area contributed by atoms with Gasteiger partial charge < -0.3 is 14.8 Å². The molecular weight excluding hydrogens is 502 g/mol. The molecule has 0 aliphatic rings. The van der Waals surface area contributed by atoms with Gasteiger partial charge in [0.05, 0.1) is 16.6 Å². The second-order valence-corrected chi connectivity index (χ2v) is 11.0. The Labute approximate surface area is 213 Å². The van der Waals surface area contributed by atoms with Crippen LogP contribution in [-0.2, 0) is 9.84 Å². The van der Waals surface area contributed by atoms with E-state index in [1.165, 1.54) is 18.2 Å². The maximum absolute atomic E-state index is 13.4. The van der Waals surface area contributed by atoms with E-state index in [-0.39, 0.29) is 10.5 Å². The highest BCUT2D eigenvalue weighted by atomic mass is 35.5. The van der Waals surface area contributed by atoms with Crippen molar-refractivity contribution >= 4 is 27.3 Å². The number of amides is 1. The minimum atomic E-state index is -3.39. The molecule has 4 aromatic rings. The molecule has 2 heterocycles. The highest BCUT2D eigenvalue weighted by Gasteiger charge is 2.23. The number of aromatic nitrogens is 2. The van der Waals surface area contributed by atoms with Crippen LogP contribution in [0.2, 0.25) is 5.02 Å². The van der Waals surface area contributed by atoms with E-state index in [2.05, 4.69) is 15.5 Å². The van der Waals surface area contributed by atoms with Crippen LogP contribution in [0.15, 0.2) is 68.8 Å². The number of hydrogen-bond acceptors (Lipinski definition) is 6. The average molecular weight is 526 g/mol. The van der Waals surface area contributed by atoms with Gasteiger partial charge in [-0.15, -0.1) is 0 Å². The van der Waals surface area contributed by atoms with Crippen molar-refractivity contribution < 1.29 is 17.7 Å². The maximum atomic E-state index is 13.4. The minimum absolute atomic E-state index is 0.0876. The summed E-state index contributed by atoms with van der Waals surface area (Å²) in [4.78, 5) is 29.1. The van der Waals surface area contributed by atoms with E-state index in [4.69, 9.17) is 16.1 Å². The monoisotopic (exact) mass is 525 g/mol. The number of nitrogens with one attached hydrogen (secondary N) is 2. The lowest BCUT2D eigenvalue weighted by atomic mass is 9.97. The van der Waals surface area contributed by atoms with E-state index in [0.29, 0.717) is 44.4 Å². The number of aromatic amines is 1. The van der Waals surface area contributed by atoms with Gasteiger partial charge in [-0.05, 0) is 62.2 Å². The molecule has 0 fully saturated rings. The molecule has 0 saturated carbocycles. The first kappa shape index (κ1) is 25.4. The largest absolute Gasteiger partial charge is 0.361 e. The van der Waals surface area contributed by atoms with Gasteiger partial charge in [-0.25, -0.2) is 8.42 Å². The SMILES string of the molecule is Cc1noc(C)c1-c1cc(C(=O)NC(c2ccc(S(C)(=O)=O)cc2)c2cccc(Cl)c2)c(=O)[nH]c1C. The number of sulfone groups is 1. The van der Waals surface area contributed by atoms with Crippen LogP contribution in [0.25, 0.3) is 11.1 Å². The van der Waals surface area contributed by atoms with Crippen molar-refractivity contribution in [3.05, 3.63) is 104 Å². The third-order valence-corrected chi connectivity index (χ3v) is 7.25. The quantitative estimate of drug-likeness (QED) is 0.381. The molecule has 0 bridgehead atoms. The molecule has 0 aliphatic carbocycles. The number of rotatable bonds is 6. The van der Waals surface area contributed by atoms with Crippen LogP contribution in [0.3, 0.4) is 0 Å². The summed E-state index contributed by atoms with van der Waals surface area (Å²) in [5.74, 6) is -0.0433. The van der Waals surface area contributed by atoms with Gasteiger partial charge in [0.25, 0.3) is 11.5 Å². The molecule has 2 aromatic carbocycles. The lowest BCUT2D eigenvalue weighted by molar-refractivity contribution is 0.0941. The molecule has 0 spiro atoms. The van der Waals surface area contributed by atoms with Crippen molar-refractivity contribution in [1.82, 2.24) is 15.5 Å². The van der Waals surface area contributed by atoms with E-state index in [1.807, 2.05) is 0 Å². The number of H-pyrrole nitrogens is 1. The summed E-state index contributed by atoms with van der Waals surface area (Å²) in [6, 6.07) is 14.0. The summed E-state index contributed by atoms with van der Waals surface area (Å²) in [5.41, 5.74) is 3.21. The minimum Gasteiger partial charge on any atom is -0.361 e. The molecule has 0 radical (unpaired) electrons. The van der Waals surface area contributed by atoms with Gasteiger partial charge in [0.2, 0.25) is 0 Å². The number of nitrogens with zero attached hydrogens (tertiary/aromatic N) is 1. The number of hydrogen-bond donors (Lipinski definition) is 2. The van der Waals surface area contributed by atoms with Crippen LogP contribution >= 0.6 is 11.6 Å². The molecule has 8 nitrogen and oxygen atoms in total. The van der Waals surface area contributed by atoms with Crippen LogP contribution in [-0.4, -0.2) is 30.7 Å². The number of carbonyl (C=O) groups excluding carboxylic acids is 1. The standard InChI is InChI=1S/C26H24ClN3O5S/c1-14-21(23-15(2)30-35-16(23)3)13-22(25(31)28-14)26(32)29-24(18-6-5-7-19(27)12-18)17-8-10-20(11-9-17)36(4,33)34/h5-13,24H,1-4H3,(H,28,31)(H,29,32). The lowest BCUT2D eigenvalue weighted by Crippen LogP contribution is -2.33. The highest BCUT2D eigenvalue weighted by Crippen LogP contribution is 2.30. The predicted molar refractivity (Wildman–Crippen MR) is 137 cm³/mol. The first-order valence-corrected chi connectivity index (χ1v) is 13.3. The van der Waals surface area contributed by atoms with E-state index in [0.717, 1.165) is 6.26 Å². The van der Waals surface area contributed by atoms with Crippen molar-refractivity contribution in [3.8, 4) is 11.1 Å². The smallest absolute Gasteiger partial charge is 0.261 e. The lowest BCUT2D eigenvalue weighted by Gasteiger charge is -2.21. The fourth-order valence-corrected chi connectivity index (χ4v) is 4.91. The maximum Gasteiger partial charge on any atom is 0.261 e. The highest BCUT2D eigenvalue weighted by molar-refractivity contribution is 7.90. The van der Waals surface area contributed by atoms with Crippen LogP contribution in [0, 0.1) is 20.8 Å². The fraction of sp³-hybridized carbons (Fsp3) is 0.192. The molecule has 4 rings (SSSR count). The average Bonchev–Trinajstić information content (AvgIpc) is 3.15. The van der Waals surface area contributed by atoms with Gasteiger partial charge in [-0.1, -0.05) is 41.0 Å². The van der Waals surface area contributed by atoms with Crippen molar-refractivity contribution in [2.24, 2.45) is 0 Å². The van der Waals surface area contributed by atoms with Gasteiger partial charge in [0, 0.05) is 28.1 Å². The summed E-state index contributed by atoms with van der Waals surface area (Å²) in [7, 11) is -3.39. The van der Waals surface area contributed by atoms with Gasteiger partial charge in [0.1, 0.15) is 11.3 Å². The third kappa shape index (κ3) is 5.12. The van der Waals surface area contributed by atoms with Crippen LogP contribution in [0.1, 0.15) is 44.7 Å². The molecule has 0 saturated heterocycles. The molecule has 1 atom stereocenters. The van der Waals surface area contributed by atoms with Gasteiger partial charge >= 0.3 is 0 Å². The van der Waals surface area contributed by atoms with Crippen LogP contribution in [0.5, 0.6) is 0 Å². The first-order valence-electron chi connectivity index (χ1n) is 11.0. The van der Waals surface area contributed by atoms with Crippen LogP contribution < -0.4 is 10.9 Å². The summed E-state index contributed by atoms with van der Waals surface area (Å²) < 4.78 is 29.1. The second kappa shape index (κ2) is 9.75. The van der Waals surface area contributed by atoms with E-state index in [9.17, 15) is 18.0 Å². The molecule has 1 unspecified atom stereocenters. The summed E-state index contributed by atoms with van der Waals surface area (Å²) in [6.45, 7) is 5.28. The Kier molecular flexibility index (Phi) is 6.88. The van der Waals surface area contributed by atoms with E-state index in [1.54, 1.807) is 57.2 Å². The Balaban J connectivity index is 1.77. The number of halogens is 1. The van der Waals surface area contributed by atoms with E-state index < -0.39 is 27.3 Å². The van der Waals surface area contributed by atoms with Gasteiger partial charge in [0.15, 0.2) is 9.84 Å². The number of pyridine rings is 1. The van der Waals surface area contributed by atoms with Gasteiger partial charge in [-0.2, -0.15) is 0 Å². The number of carbonyl (C=O) groups is 1. The first-order chi connectivity index (χ1) is 17.0. The zero-order valence-corrected chi connectivity index (χ0v) is 21.6. The molecular formula is C26H24ClN3O5S. The number of aryl methyl sites for hydroxylation is 3. The molecule has 2 aromatic heterocycles. The summed E-state index contributed by atoms with van der Waals surface area (Å²) in [5, 5.41) is 7.34. The third-order valence-electron chi connectivity index (χ3n) is 5.88. The summed E-state index contributed by atoms with van der Waals surface area (Å²) >= 11 is 6.20. The second-order valence-electron chi connectivity index (χ2n) is 8.55. The van der Waals surface area contributed by atoms with Crippen molar-refractivity contribution in [2.75, 3.05) is 6.26 Å². The molecule has 2 N–H and O–H groups in total. The normalized spacial score (nSPS) is 12.4. The Hall–Kier alpha value is -3.69. The van der Waals surface area contributed by atoms with Crippen molar-refractivity contribution in [3.63, 3.8) is 0 Å². The van der Waals surface area contributed by atoms with Gasteiger partial charge in [-0.3, -0.25) is 9.59 Å². The summed E-state index contributed by atoms with van der Waals surface area (Å²) in [6.07, 6.45) is 1.12. The van der Waals surface area contributed by atoms with Crippen LogP contribution in [0.4, 0.5) is 0 Å². The zero-order valence-electron chi connectivity index (χ0n) is 20.0. The van der Waals surface area contributed by atoms with Crippen molar-refractivity contribution in [1.29, 1.82) is 0 Å². The molecule has 10 heteroatoms. The number of benzene rings is 2. The fourth-order valence-electron chi connectivity index (χ4n) is 4.08. The predicted octanol–water partition coefficient (Wildman–Crippen LogP) is 4.53. The Morgan fingerprint density at radius 2 is 1.75 bits per heavy atom. The Morgan fingerprint density at radius 1 is 1.06 bits per heavy atom. The molecule has 0 aliphatic heterocycles. The molecule has 1 amide bonds. The van der Waals surface area contributed by atoms with E-state index >= 15 is 0 Å². The Bertz CT molecular complexity index is 1600.